The summed E-state index contributed by atoms with van der Waals surface area (Å²) < 4.78 is 0. The van der Waals surface area contributed by atoms with E-state index >= 15 is 0 Å². The Morgan fingerprint density at radius 2 is 2.04 bits per heavy atom. The minimum atomic E-state index is 0.0873. The first-order chi connectivity index (χ1) is 12.2. The monoisotopic (exact) mass is 344 g/mol. The number of carbonyl (C=O) groups is 1. The van der Waals surface area contributed by atoms with Gasteiger partial charge in [0.25, 0.3) is 0 Å². The number of fused-ring (bicyclic) bond motifs is 2. The fourth-order valence-electron chi connectivity index (χ4n) is 4.86. The number of aliphatic hydroxyl groups excluding tert-OH is 1. The molecule has 1 amide bonds. The van der Waals surface area contributed by atoms with Gasteiger partial charge in [-0.1, -0.05) is 36.8 Å². The molecule has 2 saturated carbocycles. The summed E-state index contributed by atoms with van der Waals surface area (Å²) in [6, 6.07) is 10.6. The summed E-state index contributed by atoms with van der Waals surface area (Å²) >= 11 is 0. The molecule has 4 atom stereocenters. The van der Waals surface area contributed by atoms with E-state index in [2.05, 4.69) is 29.3 Å². The van der Waals surface area contributed by atoms with Gasteiger partial charge in [-0.3, -0.25) is 9.69 Å². The molecule has 0 aliphatic heterocycles. The summed E-state index contributed by atoms with van der Waals surface area (Å²) in [7, 11) is 0. The Bertz CT molecular complexity index is 548. The largest absolute Gasteiger partial charge is 0.395 e. The van der Waals surface area contributed by atoms with E-state index in [-0.39, 0.29) is 18.6 Å². The van der Waals surface area contributed by atoms with E-state index in [9.17, 15) is 9.90 Å². The van der Waals surface area contributed by atoms with Gasteiger partial charge < -0.3 is 10.4 Å². The SMILES string of the molecule is CC(NC(=O)CN(CCO)CCc1ccccc1)C1CC2CCC1C2. The average Bonchev–Trinajstić information content (AvgIpc) is 3.24. The van der Waals surface area contributed by atoms with Gasteiger partial charge in [-0.15, -0.1) is 0 Å². The van der Waals surface area contributed by atoms with Crippen LogP contribution in [0.1, 0.15) is 38.2 Å². The van der Waals surface area contributed by atoms with Crippen LogP contribution in [0.3, 0.4) is 0 Å². The van der Waals surface area contributed by atoms with E-state index in [0.717, 1.165) is 24.8 Å². The molecule has 3 rings (SSSR count). The highest BCUT2D eigenvalue weighted by molar-refractivity contribution is 5.78. The van der Waals surface area contributed by atoms with Crippen molar-refractivity contribution >= 4 is 5.91 Å². The minimum absolute atomic E-state index is 0.0873. The molecule has 2 bridgehead atoms. The van der Waals surface area contributed by atoms with Crippen LogP contribution in [0.5, 0.6) is 0 Å². The predicted molar refractivity (Wildman–Crippen MR) is 100 cm³/mol. The maximum absolute atomic E-state index is 12.5. The number of amides is 1. The molecule has 0 spiro atoms. The molecular weight excluding hydrogens is 312 g/mol. The van der Waals surface area contributed by atoms with Crippen molar-refractivity contribution in [3.8, 4) is 0 Å². The van der Waals surface area contributed by atoms with Crippen molar-refractivity contribution in [1.29, 1.82) is 0 Å². The Balaban J connectivity index is 1.45. The zero-order valence-corrected chi connectivity index (χ0v) is 15.4. The van der Waals surface area contributed by atoms with Crippen LogP contribution in [0.25, 0.3) is 0 Å². The molecule has 1 aromatic rings. The standard InChI is InChI=1S/C21H32N2O2/c1-16(20-14-18-7-8-19(20)13-18)22-21(25)15-23(11-12-24)10-9-17-5-3-2-4-6-17/h2-6,16,18-20,24H,7-15H2,1H3,(H,22,25). The smallest absolute Gasteiger partial charge is 0.234 e. The lowest BCUT2D eigenvalue weighted by Crippen LogP contribution is -2.45. The van der Waals surface area contributed by atoms with Crippen LogP contribution >= 0.6 is 0 Å². The molecule has 4 unspecified atom stereocenters. The highest BCUT2D eigenvalue weighted by Crippen LogP contribution is 2.49. The fourth-order valence-corrected chi connectivity index (χ4v) is 4.86. The highest BCUT2D eigenvalue weighted by atomic mass is 16.3. The Labute approximate surface area is 151 Å². The third kappa shape index (κ3) is 5.05. The Morgan fingerprint density at radius 1 is 1.24 bits per heavy atom. The van der Waals surface area contributed by atoms with Gasteiger partial charge in [0.1, 0.15) is 0 Å². The Hall–Kier alpha value is -1.39. The van der Waals surface area contributed by atoms with E-state index in [0.29, 0.717) is 19.0 Å². The summed E-state index contributed by atoms with van der Waals surface area (Å²) in [4.78, 5) is 14.5. The lowest BCUT2D eigenvalue weighted by molar-refractivity contribution is -0.123. The molecule has 4 heteroatoms. The molecule has 2 aliphatic carbocycles. The number of hydrogen-bond acceptors (Lipinski definition) is 3. The van der Waals surface area contributed by atoms with E-state index in [4.69, 9.17) is 0 Å². The third-order valence-corrected chi connectivity index (χ3v) is 6.17. The lowest BCUT2D eigenvalue weighted by atomic mass is 9.84. The number of nitrogens with zero attached hydrogens (tertiary/aromatic N) is 1. The highest BCUT2D eigenvalue weighted by Gasteiger charge is 2.42. The predicted octanol–water partition coefficient (Wildman–Crippen LogP) is 2.46. The van der Waals surface area contributed by atoms with Gasteiger partial charge in [-0.2, -0.15) is 0 Å². The third-order valence-electron chi connectivity index (χ3n) is 6.17. The molecule has 2 aliphatic rings. The first-order valence-corrected chi connectivity index (χ1v) is 9.82. The quantitative estimate of drug-likeness (QED) is 0.723. The number of hydrogen-bond donors (Lipinski definition) is 2. The van der Waals surface area contributed by atoms with Gasteiger partial charge in [-0.05, 0) is 55.9 Å². The van der Waals surface area contributed by atoms with Gasteiger partial charge >= 0.3 is 0 Å². The van der Waals surface area contributed by atoms with Crippen molar-refractivity contribution < 1.29 is 9.90 Å². The molecule has 2 N–H and O–H groups in total. The second-order valence-electron chi connectivity index (χ2n) is 7.93. The van der Waals surface area contributed by atoms with Crippen molar-refractivity contribution in [3.05, 3.63) is 35.9 Å². The normalized spacial score (nSPS) is 26.1. The number of aliphatic hydroxyl groups is 1. The molecule has 0 saturated heterocycles. The van der Waals surface area contributed by atoms with E-state index in [1.54, 1.807) is 0 Å². The first kappa shape index (κ1) is 18.4. The van der Waals surface area contributed by atoms with Crippen LogP contribution in [-0.2, 0) is 11.2 Å². The van der Waals surface area contributed by atoms with E-state index in [1.807, 2.05) is 18.2 Å². The summed E-state index contributed by atoms with van der Waals surface area (Å²) in [6.45, 7) is 3.97. The van der Waals surface area contributed by atoms with Crippen LogP contribution < -0.4 is 5.32 Å². The number of carbonyl (C=O) groups excluding carboxylic acids is 1. The summed E-state index contributed by atoms with van der Waals surface area (Å²) in [6.07, 6.45) is 6.31. The second kappa shape index (κ2) is 8.81. The Morgan fingerprint density at radius 3 is 2.68 bits per heavy atom. The maximum Gasteiger partial charge on any atom is 0.234 e. The molecular formula is C21H32N2O2. The zero-order chi connectivity index (χ0) is 17.6. The number of benzene rings is 1. The average molecular weight is 344 g/mol. The maximum atomic E-state index is 12.5. The summed E-state index contributed by atoms with van der Waals surface area (Å²) in [5.74, 6) is 2.49. The zero-order valence-electron chi connectivity index (χ0n) is 15.4. The molecule has 0 aromatic heterocycles. The van der Waals surface area contributed by atoms with Crippen molar-refractivity contribution in [1.82, 2.24) is 10.2 Å². The second-order valence-corrected chi connectivity index (χ2v) is 7.93. The van der Waals surface area contributed by atoms with Gasteiger partial charge in [0.15, 0.2) is 0 Å². The van der Waals surface area contributed by atoms with Crippen LogP contribution in [0, 0.1) is 17.8 Å². The van der Waals surface area contributed by atoms with E-state index < -0.39 is 0 Å². The topological polar surface area (TPSA) is 52.6 Å². The summed E-state index contributed by atoms with van der Waals surface area (Å²) in [5.41, 5.74) is 1.26. The molecule has 4 nitrogen and oxygen atoms in total. The van der Waals surface area contributed by atoms with Crippen molar-refractivity contribution in [3.63, 3.8) is 0 Å². The van der Waals surface area contributed by atoms with Crippen molar-refractivity contribution in [2.24, 2.45) is 17.8 Å². The van der Waals surface area contributed by atoms with Crippen LogP contribution in [-0.4, -0.2) is 48.2 Å². The van der Waals surface area contributed by atoms with Crippen molar-refractivity contribution in [2.75, 3.05) is 26.2 Å². The molecule has 25 heavy (non-hydrogen) atoms. The number of rotatable bonds is 9. The van der Waals surface area contributed by atoms with Gasteiger partial charge in [0, 0.05) is 19.1 Å². The minimum Gasteiger partial charge on any atom is -0.395 e. The Kier molecular flexibility index (Phi) is 6.49. The molecule has 2 fully saturated rings. The molecule has 0 heterocycles. The van der Waals surface area contributed by atoms with Gasteiger partial charge in [0.05, 0.1) is 13.2 Å². The van der Waals surface area contributed by atoms with Crippen molar-refractivity contribution in [2.45, 2.75) is 45.1 Å². The summed E-state index contributed by atoms with van der Waals surface area (Å²) in [5, 5.41) is 12.5. The van der Waals surface area contributed by atoms with Crippen LogP contribution in [0.4, 0.5) is 0 Å². The lowest BCUT2D eigenvalue weighted by Gasteiger charge is -2.29. The number of nitrogens with one attached hydrogen (secondary N) is 1. The van der Waals surface area contributed by atoms with Gasteiger partial charge in [0.2, 0.25) is 5.91 Å². The fraction of sp³-hybridized carbons (Fsp3) is 0.667. The van der Waals surface area contributed by atoms with E-state index in [1.165, 1.54) is 31.2 Å². The van der Waals surface area contributed by atoms with Gasteiger partial charge in [-0.25, -0.2) is 0 Å². The van der Waals surface area contributed by atoms with Crippen LogP contribution in [0.2, 0.25) is 0 Å². The molecule has 138 valence electrons. The first-order valence-electron chi connectivity index (χ1n) is 9.82. The molecule has 0 radical (unpaired) electrons. The molecule has 1 aromatic carbocycles. The van der Waals surface area contributed by atoms with Crippen LogP contribution in [0.15, 0.2) is 30.3 Å².